The van der Waals surface area contributed by atoms with E-state index < -0.39 is 67.3 Å². The number of hydrogen-bond acceptors (Lipinski definition) is 11. The molecule has 3 N–H and O–H groups in total. The number of aliphatic hydroxyl groups is 2. The molecule has 6 unspecified atom stereocenters. The van der Waals surface area contributed by atoms with Crippen LogP contribution in [0.1, 0.15) is 265 Å². The van der Waals surface area contributed by atoms with Crippen LogP contribution < -0.4 is 0 Å². The van der Waals surface area contributed by atoms with E-state index in [1.54, 1.807) is 0 Å². The number of carbonyl (C=O) groups is 4. The maximum absolute atomic E-state index is 13.1. The van der Waals surface area contributed by atoms with Crippen molar-refractivity contribution in [3.05, 3.63) is 72.9 Å². The van der Waals surface area contributed by atoms with E-state index in [2.05, 4.69) is 93.7 Å². The van der Waals surface area contributed by atoms with Gasteiger partial charge in [-0.05, 0) is 109 Å². The van der Waals surface area contributed by atoms with Gasteiger partial charge in [0, 0.05) is 19.3 Å². The smallest absolute Gasteiger partial charge is 0.335 e. The topological polar surface area (TPSA) is 175 Å². The number of ether oxygens (including phenoxy) is 5. The van der Waals surface area contributed by atoms with Crippen LogP contribution in [0.2, 0.25) is 0 Å². The average molecular weight is 1080 g/mol. The number of hydrogen-bond donors (Lipinski definition) is 3. The second-order valence-corrected chi connectivity index (χ2v) is 20.9. The monoisotopic (exact) mass is 1080 g/mol. The third-order valence-electron chi connectivity index (χ3n) is 13.7. The first-order valence-corrected chi connectivity index (χ1v) is 30.9. The van der Waals surface area contributed by atoms with E-state index in [0.717, 1.165) is 141 Å². The zero-order chi connectivity index (χ0) is 56.1. The minimum absolute atomic E-state index is 0.0473. The van der Waals surface area contributed by atoms with E-state index in [1.807, 2.05) is 0 Å². The Labute approximate surface area is 468 Å². The summed E-state index contributed by atoms with van der Waals surface area (Å²) in [5.74, 6) is -3.15. The molecular weight excluding hydrogens is 973 g/mol. The molecule has 12 heteroatoms. The predicted octanol–water partition coefficient (Wildman–Crippen LogP) is 16.1. The molecule has 0 bridgehead atoms. The fourth-order valence-electron chi connectivity index (χ4n) is 9.00. The van der Waals surface area contributed by atoms with Crippen molar-refractivity contribution >= 4 is 23.9 Å². The summed E-state index contributed by atoms with van der Waals surface area (Å²) >= 11 is 0. The molecule has 0 saturated carbocycles. The Morgan fingerprint density at radius 3 is 1.27 bits per heavy atom. The number of esters is 3. The van der Waals surface area contributed by atoms with E-state index in [9.17, 15) is 34.5 Å². The molecule has 1 heterocycles. The number of allylic oxidation sites excluding steroid dienone is 12. The molecule has 1 rings (SSSR count). The number of unbranched alkanes of at least 4 members (excludes halogenated alkanes) is 26. The molecule has 12 nitrogen and oxygen atoms in total. The summed E-state index contributed by atoms with van der Waals surface area (Å²) in [6, 6.07) is 0. The van der Waals surface area contributed by atoms with Crippen molar-refractivity contribution in [2.75, 3.05) is 13.2 Å². The fraction of sp³-hybridized carbons (Fsp3) is 0.754. The van der Waals surface area contributed by atoms with Gasteiger partial charge in [-0.2, -0.15) is 0 Å². The van der Waals surface area contributed by atoms with Gasteiger partial charge in [0.2, 0.25) is 0 Å². The first kappa shape index (κ1) is 71.2. The van der Waals surface area contributed by atoms with Crippen LogP contribution in [0.3, 0.4) is 0 Å². The van der Waals surface area contributed by atoms with Crippen LogP contribution in [0.5, 0.6) is 0 Å². The highest BCUT2D eigenvalue weighted by atomic mass is 16.7. The molecule has 0 amide bonds. The molecule has 0 aromatic carbocycles. The molecule has 77 heavy (non-hydrogen) atoms. The van der Waals surface area contributed by atoms with Crippen molar-refractivity contribution in [1.82, 2.24) is 0 Å². The van der Waals surface area contributed by atoms with Gasteiger partial charge in [-0.15, -0.1) is 0 Å². The van der Waals surface area contributed by atoms with Crippen LogP contribution in [0.25, 0.3) is 0 Å². The van der Waals surface area contributed by atoms with Crippen molar-refractivity contribution in [1.29, 1.82) is 0 Å². The molecule has 0 spiro atoms. The van der Waals surface area contributed by atoms with Gasteiger partial charge in [-0.1, -0.05) is 209 Å². The molecule has 0 radical (unpaired) electrons. The van der Waals surface area contributed by atoms with Crippen LogP contribution in [0.4, 0.5) is 0 Å². The van der Waals surface area contributed by atoms with Crippen molar-refractivity contribution in [2.45, 2.75) is 302 Å². The van der Waals surface area contributed by atoms with Gasteiger partial charge in [0.1, 0.15) is 18.8 Å². The van der Waals surface area contributed by atoms with Crippen LogP contribution in [0.15, 0.2) is 72.9 Å². The largest absolute Gasteiger partial charge is 0.479 e. The maximum atomic E-state index is 13.1. The number of carbonyl (C=O) groups excluding carboxylic acids is 3. The molecule has 0 aliphatic carbocycles. The van der Waals surface area contributed by atoms with Gasteiger partial charge in [0.25, 0.3) is 0 Å². The van der Waals surface area contributed by atoms with Crippen molar-refractivity contribution in [3.63, 3.8) is 0 Å². The Morgan fingerprint density at radius 2 is 0.818 bits per heavy atom. The molecule has 1 aliphatic heterocycles. The summed E-state index contributed by atoms with van der Waals surface area (Å²) in [7, 11) is 0. The van der Waals surface area contributed by atoms with Crippen molar-refractivity contribution < 1.29 is 58.2 Å². The highest BCUT2D eigenvalue weighted by molar-refractivity contribution is 5.74. The van der Waals surface area contributed by atoms with E-state index in [1.165, 1.54) is 64.2 Å². The quantitative estimate of drug-likeness (QED) is 0.0228. The van der Waals surface area contributed by atoms with Gasteiger partial charge >= 0.3 is 23.9 Å². The number of aliphatic hydroxyl groups excluding tert-OH is 2. The van der Waals surface area contributed by atoms with E-state index >= 15 is 0 Å². The summed E-state index contributed by atoms with van der Waals surface area (Å²) in [4.78, 5) is 51.2. The SMILES string of the molecule is CC/C=C\C/C=C\C/C=C\C/C=C\CCCCCCCCC(=O)OCC(COC1OC(C(=O)O)C(O)C(O)C1OC(=O)CCCCCCC/C=C\CCCCCCCC)OC(=O)CCCCCCC/C=C\CCCCCC. The van der Waals surface area contributed by atoms with Crippen molar-refractivity contribution in [3.8, 4) is 0 Å². The lowest BCUT2D eigenvalue weighted by Gasteiger charge is -2.40. The average Bonchev–Trinajstić information content (AvgIpc) is 3.42. The van der Waals surface area contributed by atoms with E-state index in [4.69, 9.17) is 23.7 Å². The predicted molar refractivity (Wildman–Crippen MR) is 312 cm³/mol. The van der Waals surface area contributed by atoms with Crippen LogP contribution >= 0.6 is 0 Å². The standard InChI is InChI=1S/C65H110O12/c1-4-7-10-13-16-19-22-25-27-28-29-30-32-34-36-39-42-45-48-51-57(66)73-54-56(75-58(67)52-49-46-43-40-37-33-24-21-18-15-12-9-6-3)55-74-65-63(61(70)60(69)62(77-65)64(71)72)76-59(68)53-50-47-44-41-38-35-31-26-23-20-17-14-11-8-5-2/h7,10,16,19,21,24-27,29-31,56,60-63,65,69-70H,4-6,8-9,11-15,17-18,20,22-23,28,32-55H2,1-3H3,(H,71,72)/b10-7-,19-16-,24-21-,27-25-,30-29-,31-26-. The molecule has 0 aromatic heterocycles. The second kappa shape index (κ2) is 52.8. The lowest BCUT2D eigenvalue weighted by Crippen LogP contribution is -2.61. The van der Waals surface area contributed by atoms with Crippen molar-refractivity contribution in [2.24, 2.45) is 0 Å². The number of carboxylic acid groups (broad SMARTS) is 1. The number of carboxylic acids is 1. The highest BCUT2D eigenvalue weighted by Gasteiger charge is 2.50. The third-order valence-corrected chi connectivity index (χ3v) is 13.7. The molecule has 1 aliphatic rings. The third kappa shape index (κ3) is 42.7. The van der Waals surface area contributed by atoms with Gasteiger partial charge in [-0.25, -0.2) is 4.79 Å². The molecule has 442 valence electrons. The fourth-order valence-corrected chi connectivity index (χ4v) is 9.00. The van der Waals surface area contributed by atoms with Crippen LogP contribution in [-0.2, 0) is 42.9 Å². The van der Waals surface area contributed by atoms with Gasteiger partial charge in [0.15, 0.2) is 24.6 Å². The summed E-state index contributed by atoms with van der Waals surface area (Å²) in [6.07, 6.45) is 54.3. The molecule has 6 atom stereocenters. The summed E-state index contributed by atoms with van der Waals surface area (Å²) in [6.45, 7) is 5.85. The summed E-state index contributed by atoms with van der Waals surface area (Å²) < 4.78 is 28.4. The normalized spacial score (nSPS) is 18.5. The van der Waals surface area contributed by atoms with Gasteiger partial charge < -0.3 is 39.0 Å². The van der Waals surface area contributed by atoms with Crippen LogP contribution in [0, 0.1) is 0 Å². The van der Waals surface area contributed by atoms with Gasteiger partial charge in [-0.3, -0.25) is 14.4 Å². The zero-order valence-corrected chi connectivity index (χ0v) is 48.7. The Hall–Kier alpha value is -3.84. The molecule has 1 saturated heterocycles. The first-order valence-electron chi connectivity index (χ1n) is 30.9. The molecule has 0 aromatic rings. The van der Waals surface area contributed by atoms with E-state index in [0.29, 0.717) is 19.3 Å². The lowest BCUT2D eigenvalue weighted by molar-refractivity contribution is -0.301. The summed E-state index contributed by atoms with van der Waals surface area (Å²) in [5, 5.41) is 31.5. The van der Waals surface area contributed by atoms with Gasteiger partial charge in [0.05, 0.1) is 6.61 Å². The Balaban J connectivity index is 2.68. The number of rotatable bonds is 52. The molecule has 1 fully saturated rings. The minimum atomic E-state index is -1.91. The first-order chi connectivity index (χ1) is 37.6. The second-order valence-electron chi connectivity index (χ2n) is 20.9. The highest BCUT2D eigenvalue weighted by Crippen LogP contribution is 2.26. The zero-order valence-electron chi connectivity index (χ0n) is 48.7. The number of aliphatic carboxylic acids is 1. The maximum Gasteiger partial charge on any atom is 0.335 e. The Bertz CT molecular complexity index is 1620. The minimum Gasteiger partial charge on any atom is -0.479 e. The Kier molecular flexibility index (Phi) is 48.8. The Morgan fingerprint density at radius 1 is 0.442 bits per heavy atom. The molecular formula is C65H110O12. The lowest BCUT2D eigenvalue weighted by atomic mass is 9.98. The van der Waals surface area contributed by atoms with E-state index in [-0.39, 0.29) is 25.9 Å². The summed E-state index contributed by atoms with van der Waals surface area (Å²) in [5.41, 5.74) is 0. The van der Waals surface area contributed by atoms with Crippen LogP contribution in [-0.4, -0.2) is 89.2 Å².